The van der Waals surface area contributed by atoms with E-state index in [9.17, 15) is 4.79 Å². The zero-order valence-electron chi connectivity index (χ0n) is 8.21. The van der Waals surface area contributed by atoms with Crippen LogP contribution < -0.4 is 0 Å². The van der Waals surface area contributed by atoms with Crippen molar-refractivity contribution in [2.45, 2.75) is 57.0 Å². The molecule has 1 aliphatic carbocycles. The third-order valence-corrected chi connectivity index (χ3v) is 2.96. The van der Waals surface area contributed by atoms with E-state index in [1.807, 2.05) is 13.8 Å². The molecule has 2 fully saturated rings. The molecule has 1 aliphatic heterocycles. The molecule has 0 N–H and O–H groups in total. The summed E-state index contributed by atoms with van der Waals surface area (Å²) < 4.78 is 11.5. The Labute approximate surface area is 78.4 Å². The molecule has 0 bridgehead atoms. The van der Waals surface area contributed by atoms with Crippen molar-refractivity contribution in [3.63, 3.8) is 0 Å². The molecule has 74 valence electrons. The van der Waals surface area contributed by atoms with Gasteiger partial charge in [-0.15, -0.1) is 0 Å². The van der Waals surface area contributed by atoms with Crippen LogP contribution in [0.1, 0.15) is 39.5 Å². The van der Waals surface area contributed by atoms with Gasteiger partial charge in [-0.25, -0.2) is 0 Å². The number of carbonyl (C=O) groups is 1. The van der Waals surface area contributed by atoms with Gasteiger partial charge in [-0.2, -0.15) is 0 Å². The molecular formula is C10H16O3. The first kappa shape index (κ1) is 9.16. The van der Waals surface area contributed by atoms with Gasteiger partial charge < -0.3 is 14.3 Å². The standard InChI is InChI=1S/C10H16O3/c1-9(2)8(7-11)12-10(13-9)5-3-4-6-10/h7-8H,3-6H2,1-2H3/t8-/m0/s1. The van der Waals surface area contributed by atoms with Crippen LogP contribution >= 0.6 is 0 Å². The zero-order chi connectivity index (χ0) is 9.53. The molecule has 1 heterocycles. The van der Waals surface area contributed by atoms with Crippen LogP contribution in [0.5, 0.6) is 0 Å². The third-order valence-electron chi connectivity index (χ3n) is 2.96. The van der Waals surface area contributed by atoms with E-state index in [1.165, 1.54) is 0 Å². The number of hydrogen-bond donors (Lipinski definition) is 0. The average molecular weight is 184 g/mol. The maximum absolute atomic E-state index is 10.8. The van der Waals surface area contributed by atoms with E-state index < -0.39 is 17.5 Å². The normalized spacial score (nSPS) is 35.4. The third kappa shape index (κ3) is 1.40. The molecule has 1 saturated carbocycles. The smallest absolute Gasteiger partial charge is 0.170 e. The molecule has 2 aliphatic rings. The molecule has 0 unspecified atom stereocenters. The van der Waals surface area contributed by atoms with Crippen molar-refractivity contribution < 1.29 is 14.3 Å². The van der Waals surface area contributed by atoms with E-state index in [0.717, 1.165) is 32.0 Å². The highest BCUT2D eigenvalue weighted by atomic mass is 16.8. The molecule has 1 spiro atoms. The number of ether oxygens (including phenoxy) is 2. The van der Waals surface area contributed by atoms with Crippen molar-refractivity contribution in [2.24, 2.45) is 0 Å². The molecule has 0 aromatic carbocycles. The fourth-order valence-corrected chi connectivity index (χ4v) is 2.26. The summed E-state index contributed by atoms with van der Waals surface area (Å²) >= 11 is 0. The SMILES string of the molecule is CC1(C)OC2(CCCC2)O[C@H]1C=O. The van der Waals surface area contributed by atoms with Crippen LogP contribution in [0.4, 0.5) is 0 Å². The Morgan fingerprint density at radius 1 is 1.31 bits per heavy atom. The Balaban J connectivity index is 2.17. The van der Waals surface area contributed by atoms with Gasteiger partial charge in [0.25, 0.3) is 0 Å². The summed E-state index contributed by atoms with van der Waals surface area (Å²) in [4.78, 5) is 10.8. The number of aldehydes is 1. The highest BCUT2D eigenvalue weighted by Crippen LogP contribution is 2.45. The van der Waals surface area contributed by atoms with Crippen LogP contribution in [0, 0.1) is 0 Å². The summed E-state index contributed by atoms with van der Waals surface area (Å²) in [6, 6.07) is 0. The molecule has 0 aromatic heterocycles. The van der Waals surface area contributed by atoms with Gasteiger partial charge in [0, 0.05) is 12.8 Å². The van der Waals surface area contributed by atoms with E-state index in [4.69, 9.17) is 9.47 Å². The van der Waals surface area contributed by atoms with E-state index in [1.54, 1.807) is 0 Å². The lowest BCUT2D eigenvalue weighted by atomic mass is 10.0. The minimum absolute atomic E-state index is 0.398. The van der Waals surface area contributed by atoms with Crippen LogP contribution in [0.25, 0.3) is 0 Å². The van der Waals surface area contributed by atoms with E-state index in [0.29, 0.717) is 0 Å². The summed E-state index contributed by atoms with van der Waals surface area (Å²) in [6.07, 6.45) is 4.60. The van der Waals surface area contributed by atoms with Gasteiger partial charge >= 0.3 is 0 Å². The average Bonchev–Trinajstić information content (AvgIpc) is 2.57. The number of hydrogen-bond acceptors (Lipinski definition) is 3. The van der Waals surface area contributed by atoms with Crippen molar-refractivity contribution in [3.8, 4) is 0 Å². The lowest BCUT2D eigenvalue weighted by molar-refractivity contribution is -0.179. The second-order valence-corrected chi connectivity index (χ2v) is 4.50. The van der Waals surface area contributed by atoms with Crippen LogP contribution in [-0.4, -0.2) is 23.8 Å². The number of rotatable bonds is 1. The van der Waals surface area contributed by atoms with Crippen molar-refractivity contribution >= 4 is 6.29 Å². The summed E-state index contributed by atoms with van der Waals surface area (Å²) in [7, 11) is 0. The van der Waals surface area contributed by atoms with Gasteiger partial charge in [-0.3, -0.25) is 0 Å². The van der Waals surface area contributed by atoms with E-state index in [2.05, 4.69) is 0 Å². The molecule has 3 nitrogen and oxygen atoms in total. The molecule has 13 heavy (non-hydrogen) atoms. The monoisotopic (exact) mass is 184 g/mol. The van der Waals surface area contributed by atoms with Crippen LogP contribution in [0.2, 0.25) is 0 Å². The molecule has 2 rings (SSSR count). The molecule has 0 aromatic rings. The first-order valence-corrected chi connectivity index (χ1v) is 4.91. The molecule has 1 atom stereocenters. The zero-order valence-corrected chi connectivity index (χ0v) is 8.21. The Morgan fingerprint density at radius 2 is 1.92 bits per heavy atom. The van der Waals surface area contributed by atoms with Crippen molar-refractivity contribution in [1.82, 2.24) is 0 Å². The largest absolute Gasteiger partial charge is 0.341 e. The van der Waals surface area contributed by atoms with Gasteiger partial charge in [0.2, 0.25) is 0 Å². The minimum Gasteiger partial charge on any atom is -0.341 e. The highest BCUT2D eigenvalue weighted by molar-refractivity contribution is 5.59. The molecule has 0 amide bonds. The topological polar surface area (TPSA) is 35.5 Å². The summed E-state index contributed by atoms with van der Waals surface area (Å²) in [5, 5.41) is 0. The Bertz CT molecular complexity index is 216. The minimum atomic E-state index is -0.452. The Hall–Kier alpha value is -0.410. The van der Waals surface area contributed by atoms with Crippen molar-refractivity contribution in [1.29, 1.82) is 0 Å². The first-order chi connectivity index (χ1) is 6.08. The van der Waals surface area contributed by atoms with Gasteiger partial charge in [-0.05, 0) is 26.7 Å². The summed E-state index contributed by atoms with van der Waals surface area (Å²) in [6.45, 7) is 3.83. The van der Waals surface area contributed by atoms with Gasteiger partial charge in [0.1, 0.15) is 6.10 Å². The van der Waals surface area contributed by atoms with Crippen LogP contribution in [0.15, 0.2) is 0 Å². The summed E-state index contributed by atoms with van der Waals surface area (Å²) in [5.41, 5.74) is -0.452. The second-order valence-electron chi connectivity index (χ2n) is 4.50. The predicted octanol–water partition coefficient (Wildman–Crippen LogP) is 1.65. The van der Waals surface area contributed by atoms with Gasteiger partial charge in [0.15, 0.2) is 12.1 Å². The first-order valence-electron chi connectivity index (χ1n) is 4.91. The summed E-state index contributed by atoms with van der Waals surface area (Å²) in [5.74, 6) is -0.435. The maximum Gasteiger partial charge on any atom is 0.170 e. The fourth-order valence-electron chi connectivity index (χ4n) is 2.26. The Kier molecular flexibility index (Phi) is 1.96. The molecular weight excluding hydrogens is 168 g/mol. The fraction of sp³-hybridized carbons (Fsp3) is 0.900. The van der Waals surface area contributed by atoms with Gasteiger partial charge in [-0.1, -0.05) is 0 Å². The lowest BCUT2D eigenvalue weighted by Crippen LogP contribution is -2.34. The lowest BCUT2D eigenvalue weighted by Gasteiger charge is -2.24. The van der Waals surface area contributed by atoms with E-state index in [-0.39, 0.29) is 0 Å². The molecule has 1 saturated heterocycles. The Morgan fingerprint density at radius 3 is 2.38 bits per heavy atom. The maximum atomic E-state index is 10.8. The number of carbonyl (C=O) groups excluding carboxylic acids is 1. The predicted molar refractivity (Wildman–Crippen MR) is 47.3 cm³/mol. The highest BCUT2D eigenvalue weighted by Gasteiger charge is 2.53. The van der Waals surface area contributed by atoms with Crippen molar-refractivity contribution in [3.05, 3.63) is 0 Å². The molecule has 0 radical (unpaired) electrons. The van der Waals surface area contributed by atoms with Gasteiger partial charge in [0.05, 0.1) is 5.60 Å². The van der Waals surface area contributed by atoms with Crippen LogP contribution in [0.3, 0.4) is 0 Å². The quantitative estimate of drug-likeness (QED) is 0.581. The second kappa shape index (κ2) is 2.79. The molecule has 3 heteroatoms. The van der Waals surface area contributed by atoms with Crippen molar-refractivity contribution in [2.75, 3.05) is 0 Å². The van der Waals surface area contributed by atoms with E-state index >= 15 is 0 Å². The van der Waals surface area contributed by atoms with Crippen LogP contribution in [-0.2, 0) is 14.3 Å².